The predicted molar refractivity (Wildman–Crippen MR) is 264 cm³/mol. The molecule has 0 atom stereocenters. The van der Waals surface area contributed by atoms with E-state index in [0.29, 0.717) is 0 Å². The summed E-state index contributed by atoms with van der Waals surface area (Å²) in [6.07, 6.45) is 0. The van der Waals surface area contributed by atoms with Crippen molar-refractivity contribution in [2.24, 2.45) is 0 Å². The maximum Gasteiger partial charge on any atom is 0.0541 e. The molecular weight excluding hydrogens is 749 g/mol. The Hall–Kier alpha value is -8.20. The standard InChI is InChI=1S/C60H40N2/c1-2-14-46-39-50(38-31-41(46)13-1)61(49-36-32-45(33-37-49)57-40-47-15-3-4-16-51(47)53-18-5-6-19-54(53)57)48-34-29-43(30-35-48)42-25-27-44(28-26-42)52-17-7-10-22-58(52)62-59-23-11-8-20-55(59)56-21-9-12-24-60(56)62/h1-40H. The summed E-state index contributed by atoms with van der Waals surface area (Å²) in [5.74, 6) is 0. The number of aromatic nitrogens is 1. The van der Waals surface area contributed by atoms with Crippen molar-refractivity contribution in [2.75, 3.05) is 4.90 Å². The lowest BCUT2D eigenvalue weighted by Gasteiger charge is -2.26. The van der Waals surface area contributed by atoms with Crippen molar-refractivity contribution in [3.63, 3.8) is 0 Å². The third-order valence-electron chi connectivity index (χ3n) is 12.6. The lowest BCUT2D eigenvalue weighted by Crippen LogP contribution is -2.09. The van der Waals surface area contributed by atoms with Gasteiger partial charge in [0.25, 0.3) is 0 Å². The van der Waals surface area contributed by atoms with E-state index < -0.39 is 0 Å². The van der Waals surface area contributed by atoms with E-state index in [1.807, 2.05) is 0 Å². The highest BCUT2D eigenvalue weighted by molar-refractivity contribution is 6.14. The molecule has 2 nitrogen and oxygen atoms in total. The van der Waals surface area contributed by atoms with E-state index >= 15 is 0 Å². The van der Waals surface area contributed by atoms with Gasteiger partial charge >= 0.3 is 0 Å². The second-order valence-corrected chi connectivity index (χ2v) is 16.1. The fourth-order valence-electron chi connectivity index (χ4n) is 9.59. The Morgan fingerprint density at radius 3 is 1.39 bits per heavy atom. The number of rotatable bonds is 7. The number of benzene rings is 11. The van der Waals surface area contributed by atoms with Crippen LogP contribution >= 0.6 is 0 Å². The molecule has 2 heteroatoms. The van der Waals surface area contributed by atoms with E-state index in [0.717, 1.165) is 17.1 Å². The van der Waals surface area contributed by atoms with Gasteiger partial charge < -0.3 is 9.47 Å². The molecule has 1 aromatic heterocycles. The Morgan fingerprint density at radius 2 is 0.710 bits per heavy atom. The van der Waals surface area contributed by atoms with Gasteiger partial charge in [-0.1, -0.05) is 182 Å². The Kier molecular flexibility index (Phi) is 8.53. The zero-order valence-corrected chi connectivity index (χ0v) is 34.0. The summed E-state index contributed by atoms with van der Waals surface area (Å²) in [6.45, 7) is 0. The molecule has 0 bridgehead atoms. The van der Waals surface area contributed by atoms with E-state index in [1.54, 1.807) is 0 Å². The van der Waals surface area contributed by atoms with Crippen LogP contribution in [-0.4, -0.2) is 4.57 Å². The average molecular weight is 789 g/mol. The molecule has 12 aromatic rings. The van der Waals surface area contributed by atoms with Crippen LogP contribution in [-0.2, 0) is 0 Å². The molecule has 0 fully saturated rings. The second kappa shape index (κ2) is 14.8. The zero-order valence-electron chi connectivity index (χ0n) is 34.0. The first-order valence-corrected chi connectivity index (χ1v) is 21.3. The van der Waals surface area contributed by atoms with E-state index in [-0.39, 0.29) is 0 Å². The molecule has 0 aliphatic rings. The van der Waals surface area contributed by atoms with Gasteiger partial charge in [-0.25, -0.2) is 0 Å². The highest BCUT2D eigenvalue weighted by atomic mass is 15.1. The molecule has 0 radical (unpaired) electrons. The van der Waals surface area contributed by atoms with Crippen molar-refractivity contribution in [3.8, 4) is 39.1 Å². The summed E-state index contributed by atoms with van der Waals surface area (Å²) in [6, 6.07) is 88.4. The van der Waals surface area contributed by atoms with Gasteiger partial charge in [-0.15, -0.1) is 0 Å². The fourth-order valence-corrected chi connectivity index (χ4v) is 9.59. The minimum Gasteiger partial charge on any atom is -0.310 e. The molecule has 12 rings (SSSR count). The summed E-state index contributed by atoms with van der Waals surface area (Å²) in [5.41, 5.74) is 14.1. The third kappa shape index (κ3) is 6.04. The monoisotopic (exact) mass is 788 g/mol. The Bertz CT molecular complexity index is 3560. The molecule has 0 saturated carbocycles. The van der Waals surface area contributed by atoms with Crippen molar-refractivity contribution in [3.05, 3.63) is 243 Å². The molecule has 0 saturated heterocycles. The van der Waals surface area contributed by atoms with Crippen LogP contribution in [0.2, 0.25) is 0 Å². The molecule has 1 heterocycles. The number of anilines is 3. The number of para-hydroxylation sites is 3. The second-order valence-electron chi connectivity index (χ2n) is 16.1. The predicted octanol–water partition coefficient (Wildman–Crippen LogP) is 16.7. The summed E-state index contributed by atoms with van der Waals surface area (Å²) >= 11 is 0. The van der Waals surface area contributed by atoms with Gasteiger partial charge in [0.1, 0.15) is 0 Å². The van der Waals surface area contributed by atoms with Gasteiger partial charge in [0.15, 0.2) is 0 Å². The molecule has 0 aliphatic carbocycles. The van der Waals surface area contributed by atoms with Gasteiger partial charge in [-0.3, -0.25) is 0 Å². The van der Waals surface area contributed by atoms with Gasteiger partial charge in [0.2, 0.25) is 0 Å². The molecule has 0 spiro atoms. The molecule has 290 valence electrons. The normalized spacial score (nSPS) is 11.5. The van der Waals surface area contributed by atoms with E-state index in [1.165, 1.54) is 93.2 Å². The van der Waals surface area contributed by atoms with Crippen LogP contribution in [0.15, 0.2) is 243 Å². The highest BCUT2D eigenvalue weighted by Gasteiger charge is 2.17. The van der Waals surface area contributed by atoms with E-state index in [2.05, 4.69) is 252 Å². The maximum atomic E-state index is 2.41. The average Bonchev–Trinajstić information content (AvgIpc) is 3.68. The number of hydrogen-bond donors (Lipinski definition) is 0. The minimum atomic E-state index is 1.10. The lowest BCUT2D eigenvalue weighted by molar-refractivity contribution is 1.18. The summed E-state index contributed by atoms with van der Waals surface area (Å²) < 4.78 is 2.41. The van der Waals surface area contributed by atoms with Crippen LogP contribution in [0.3, 0.4) is 0 Å². The third-order valence-corrected chi connectivity index (χ3v) is 12.6. The lowest BCUT2D eigenvalue weighted by atomic mass is 9.93. The first kappa shape index (κ1) is 35.7. The molecule has 0 amide bonds. The quantitative estimate of drug-likeness (QED) is 0.146. The van der Waals surface area contributed by atoms with Crippen LogP contribution < -0.4 is 4.90 Å². The van der Waals surface area contributed by atoms with Crippen LogP contribution in [0.4, 0.5) is 17.1 Å². The fraction of sp³-hybridized carbons (Fsp3) is 0. The van der Waals surface area contributed by atoms with Gasteiger partial charge in [0.05, 0.1) is 16.7 Å². The SMILES string of the molecule is c1ccc(-n2c3ccccc3c3ccccc32)c(-c2ccc(-c3ccc(N(c4ccc(-c5cc6ccccc6c6ccccc56)cc4)c4ccc5ccccc5c4)cc3)cc2)c1. The molecule has 0 N–H and O–H groups in total. The van der Waals surface area contributed by atoms with Crippen molar-refractivity contribution < 1.29 is 0 Å². The largest absolute Gasteiger partial charge is 0.310 e. The molecule has 0 unspecified atom stereocenters. The van der Waals surface area contributed by atoms with Crippen molar-refractivity contribution in [1.29, 1.82) is 0 Å². The van der Waals surface area contributed by atoms with Crippen LogP contribution in [0, 0.1) is 0 Å². The minimum absolute atomic E-state index is 1.10. The van der Waals surface area contributed by atoms with Crippen LogP contribution in [0.25, 0.3) is 93.2 Å². The number of hydrogen-bond acceptors (Lipinski definition) is 1. The molecule has 0 aliphatic heterocycles. The summed E-state index contributed by atoms with van der Waals surface area (Å²) in [4.78, 5) is 2.37. The number of fused-ring (bicyclic) bond motifs is 7. The first-order chi connectivity index (χ1) is 30.7. The van der Waals surface area contributed by atoms with Crippen LogP contribution in [0.5, 0.6) is 0 Å². The van der Waals surface area contributed by atoms with E-state index in [4.69, 9.17) is 0 Å². The van der Waals surface area contributed by atoms with E-state index in [9.17, 15) is 0 Å². The zero-order chi connectivity index (χ0) is 41.0. The number of nitrogens with zero attached hydrogens (tertiary/aromatic N) is 2. The molecular formula is C60H40N2. The smallest absolute Gasteiger partial charge is 0.0541 e. The Balaban J connectivity index is 0.898. The van der Waals surface area contributed by atoms with Crippen molar-refractivity contribution in [1.82, 2.24) is 4.57 Å². The summed E-state index contributed by atoms with van der Waals surface area (Å²) in [5, 5.41) is 10.1. The van der Waals surface area contributed by atoms with Gasteiger partial charge in [-0.2, -0.15) is 0 Å². The van der Waals surface area contributed by atoms with Gasteiger partial charge in [0, 0.05) is 33.4 Å². The maximum absolute atomic E-state index is 2.41. The first-order valence-electron chi connectivity index (χ1n) is 21.3. The van der Waals surface area contributed by atoms with Crippen LogP contribution in [0.1, 0.15) is 0 Å². The van der Waals surface area contributed by atoms with Gasteiger partial charge in [-0.05, 0) is 121 Å². The van der Waals surface area contributed by atoms with Crippen molar-refractivity contribution in [2.45, 2.75) is 0 Å². The molecule has 11 aromatic carbocycles. The Morgan fingerprint density at radius 1 is 0.258 bits per heavy atom. The Labute approximate surface area is 360 Å². The topological polar surface area (TPSA) is 8.17 Å². The highest BCUT2D eigenvalue weighted by Crippen LogP contribution is 2.41. The van der Waals surface area contributed by atoms with Crippen molar-refractivity contribution >= 4 is 71.2 Å². The molecule has 62 heavy (non-hydrogen) atoms. The summed E-state index contributed by atoms with van der Waals surface area (Å²) in [7, 11) is 0.